The molecule has 0 saturated heterocycles. The fraction of sp³-hybridized carbons (Fsp3) is 0.0556. The standard InChI is InChI=1S/C36H30N4O3S/c1-25-12-10-13-26(22-25)23-31(39-34(41)28-16-6-3-7-17-28)35(42)38-29-18-11-19-30(24-29)44-33(27-14-4-2-5-15-27)36(43)40-32-20-8-9-21-37-32/h2-24,33H,1H3,(H,38,42)(H,39,41)(H,37,40,43)/b31-23+. The van der Waals surface area contributed by atoms with Crippen LogP contribution in [0.4, 0.5) is 11.5 Å². The first kappa shape index (κ1) is 30.0. The number of hydrogen-bond donors (Lipinski definition) is 3. The molecule has 0 aliphatic heterocycles. The molecule has 0 aliphatic carbocycles. The van der Waals surface area contributed by atoms with Crippen LogP contribution in [0, 0.1) is 6.92 Å². The van der Waals surface area contributed by atoms with Crippen LogP contribution in [0.25, 0.3) is 6.08 Å². The molecule has 1 unspecified atom stereocenters. The summed E-state index contributed by atoms with van der Waals surface area (Å²) in [4.78, 5) is 44.9. The summed E-state index contributed by atoms with van der Waals surface area (Å²) in [5, 5.41) is 8.00. The van der Waals surface area contributed by atoms with E-state index >= 15 is 0 Å². The smallest absolute Gasteiger partial charge is 0.272 e. The SMILES string of the molecule is Cc1cccc(/C=C(/NC(=O)c2ccccc2)C(=O)Nc2cccc(SC(C(=O)Nc3ccccn3)c3ccccc3)c2)c1. The largest absolute Gasteiger partial charge is 0.321 e. The topological polar surface area (TPSA) is 100 Å². The lowest BCUT2D eigenvalue weighted by molar-refractivity contribution is -0.116. The highest BCUT2D eigenvalue weighted by molar-refractivity contribution is 8.00. The Hall–Kier alpha value is -5.47. The number of aryl methyl sites for hydroxylation is 1. The molecule has 1 aromatic heterocycles. The number of benzene rings is 4. The number of pyridine rings is 1. The van der Waals surface area contributed by atoms with Crippen LogP contribution in [0.2, 0.25) is 0 Å². The number of rotatable bonds is 10. The third-order valence-corrected chi connectivity index (χ3v) is 7.73. The second kappa shape index (κ2) is 14.6. The molecule has 3 N–H and O–H groups in total. The van der Waals surface area contributed by atoms with Crippen LogP contribution in [0.3, 0.4) is 0 Å². The lowest BCUT2D eigenvalue weighted by Gasteiger charge is -2.17. The minimum atomic E-state index is -0.578. The number of nitrogens with one attached hydrogen (secondary N) is 3. The molecule has 8 heteroatoms. The minimum absolute atomic E-state index is 0.0967. The molecule has 44 heavy (non-hydrogen) atoms. The molecular weight excluding hydrogens is 568 g/mol. The van der Waals surface area contributed by atoms with E-state index in [9.17, 15) is 14.4 Å². The highest BCUT2D eigenvalue weighted by atomic mass is 32.2. The molecule has 0 saturated carbocycles. The van der Waals surface area contributed by atoms with Gasteiger partial charge in [0.15, 0.2) is 0 Å². The van der Waals surface area contributed by atoms with Gasteiger partial charge in [-0.1, -0.05) is 90.5 Å². The zero-order valence-electron chi connectivity index (χ0n) is 23.9. The van der Waals surface area contributed by atoms with Crippen LogP contribution in [0.1, 0.15) is 32.3 Å². The molecule has 5 rings (SSSR count). The number of anilines is 2. The Labute approximate surface area is 260 Å². The molecule has 0 radical (unpaired) electrons. The van der Waals surface area contributed by atoms with E-state index in [0.717, 1.165) is 21.6 Å². The number of hydrogen-bond acceptors (Lipinski definition) is 5. The lowest BCUT2D eigenvalue weighted by atomic mass is 10.1. The van der Waals surface area contributed by atoms with Crippen molar-refractivity contribution in [3.63, 3.8) is 0 Å². The number of carbonyl (C=O) groups excluding carboxylic acids is 3. The Bertz CT molecular complexity index is 1780. The predicted octanol–water partition coefficient (Wildman–Crippen LogP) is 7.27. The average molecular weight is 599 g/mol. The van der Waals surface area contributed by atoms with Gasteiger partial charge in [-0.2, -0.15) is 0 Å². The van der Waals surface area contributed by atoms with Crippen LogP contribution in [-0.2, 0) is 9.59 Å². The summed E-state index contributed by atoms with van der Waals surface area (Å²) in [6.45, 7) is 1.96. The molecule has 5 aromatic rings. The van der Waals surface area contributed by atoms with Gasteiger partial charge in [-0.05, 0) is 66.6 Å². The van der Waals surface area contributed by atoms with Gasteiger partial charge in [0.2, 0.25) is 5.91 Å². The highest BCUT2D eigenvalue weighted by Gasteiger charge is 2.23. The minimum Gasteiger partial charge on any atom is -0.321 e. The average Bonchev–Trinajstić information content (AvgIpc) is 3.05. The maximum atomic E-state index is 13.6. The molecule has 0 fully saturated rings. The Morgan fingerprint density at radius 2 is 1.48 bits per heavy atom. The first-order valence-corrected chi connectivity index (χ1v) is 14.8. The van der Waals surface area contributed by atoms with Gasteiger partial charge in [0.1, 0.15) is 16.8 Å². The molecule has 1 atom stereocenters. The summed E-state index contributed by atoms with van der Waals surface area (Å²) in [7, 11) is 0. The van der Waals surface area contributed by atoms with E-state index in [-0.39, 0.29) is 11.6 Å². The van der Waals surface area contributed by atoms with Crippen LogP contribution < -0.4 is 16.0 Å². The summed E-state index contributed by atoms with van der Waals surface area (Å²) >= 11 is 1.36. The van der Waals surface area contributed by atoms with Crippen molar-refractivity contribution >= 4 is 47.1 Å². The van der Waals surface area contributed by atoms with E-state index in [4.69, 9.17) is 0 Å². The zero-order valence-corrected chi connectivity index (χ0v) is 24.8. The monoisotopic (exact) mass is 598 g/mol. The lowest BCUT2D eigenvalue weighted by Crippen LogP contribution is -2.30. The van der Waals surface area contributed by atoms with Gasteiger partial charge in [-0.15, -0.1) is 11.8 Å². The molecular formula is C36H30N4O3S. The number of thioether (sulfide) groups is 1. The van der Waals surface area contributed by atoms with E-state index in [2.05, 4.69) is 20.9 Å². The van der Waals surface area contributed by atoms with Crippen LogP contribution in [-0.4, -0.2) is 22.7 Å². The fourth-order valence-electron chi connectivity index (χ4n) is 4.38. The number of amides is 3. The summed E-state index contributed by atoms with van der Waals surface area (Å²) < 4.78 is 0. The maximum Gasteiger partial charge on any atom is 0.272 e. The molecule has 0 spiro atoms. The zero-order chi connectivity index (χ0) is 30.7. The number of carbonyl (C=O) groups is 3. The molecule has 218 valence electrons. The maximum absolute atomic E-state index is 13.6. The van der Waals surface area contributed by atoms with Gasteiger partial charge in [0.25, 0.3) is 11.8 Å². The van der Waals surface area contributed by atoms with Crippen molar-refractivity contribution in [2.75, 3.05) is 10.6 Å². The Kier molecular flexibility index (Phi) is 9.97. The van der Waals surface area contributed by atoms with Crippen molar-refractivity contribution in [3.05, 3.63) is 162 Å². The van der Waals surface area contributed by atoms with Crippen molar-refractivity contribution in [2.45, 2.75) is 17.1 Å². The Morgan fingerprint density at radius 1 is 0.750 bits per heavy atom. The second-order valence-corrected chi connectivity index (χ2v) is 11.1. The van der Waals surface area contributed by atoms with Gasteiger partial charge in [0.05, 0.1) is 0 Å². The van der Waals surface area contributed by atoms with E-state index in [1.54, 1.807) is 60.8 Å². The normalized spacial score (nSPS) is 11.7. The summed E-state index contributed by atoms with van der Waals surface area (Å²) in [6.07, 6.45) is 3.27. The van der Waals surface area contributed by atoms with Crippen molar-refractivity contribution in [3.8, 4) is 0 Å². The van der Waals surface area contributed by atoms with Crippen molar-refractivity contribution < 1.29 is 14.4 Å². The second-order valence-electron chi connectivity index (χ2n) is 9.89. The summed E-state index contributed by atoms with van der Waals surface area (Å²) in [5.74, 6) is -0.633. The van der Waals surface area contributed by atoms with E-state index < -0.39 is 17.1 Å². The Morgan fingerprint density at radius 3 is 2.20 bits per heavy atom. The van der Waals surface area contributed by atoms with Gasteiger partial charge < -0.3 is 16.0 Å². The first-order chi connectivity index (χ1) is 21.4. The number of nitrogens with zero attached hydrogens (tertiary/aromatic N) is 1. The van der Waals surface area contributed by atoms with Crippen LogP contribution in [0.15, 0.2) is 144 Å². The third kappa shape index (κ3) is 8.30. The van der Waals surface area contributed by atoms with Gasteiger partial charge in [0, 0.05) is 22.3 Å². The van der Waals surface area contributed by atoms with Gasteiger partial charge in [-0.3, -0.25) is 14.4 Å². The van der Waals surface area contributed by atoms with Gasteiger partial charge >= 0.3 is 0 Å². The van der Waals surface area contributed by atoms with Crippen LogP contribution >= 0.6 is 11.8 Å². The van der Waals surface area contributed by atoms with Crippen LogP contribution in [0.5, 0.6) is 0 Å². The third-order valence-electron chi connectivity index (χ3n) is 6.48. The molecule has 0 bridgehead atoms. The molecule has 4 aromatic carbocycles. The number of aromatic nitrogens is 1. The van der Waals surface area contributed by atoms with E-state index in [1.165, 1.54) is 11.8 Å². The van der Waals surface area contributed by atoms with E-state index in [0.29, 0.717) is 17.1 Å². The van der Waals surface area contributed by atoms with E-state index in [1.807, 2.05) is 85.8 Å². The fourth-order valence-corrected chi connectivity index (χ4v) is 5.46. The first-order valence-electron chi connectivity index (χ1n) is 13.9. The summed E-state index contributed by atoms with van der Waals surface area (Å²) in [6, 6.07) is 38.4. The van der Waals surface area contributed by atoms with Crippen molar-refractivity contribution in [1.29, 1.82) is 0 Å². The summed E-state index contributed by atoms with van der Waals surface area (Å²) in [5.41, 5.74) is 3.67. The molecule has 7 nitrogen and oxygen atoms in total. The highest BCUT2D eigenvalue weighted by Crippen LogP contribution is 2.37. The molecule has 3 amide bonds. The quantitative estimate of drug-likeness (QED) is 0.116. The predicted molar refractivity (Wildman–Crippen MR) is 176 cm³/mol. The molecule has 0 aliphatic rings. The molecule has 1 heterocycles. The Balaban J connectivity index is 1.37. The van der Waals surface area contributed by atoms with Gasteiger partial charge in [-0.25, -0.2) is 4.98 Å². The van der Waals surface area contributed by atoms with Crippen molar-refractivity contribution in [1.82, 2.24) is 10.3 Å². The van der Waals surface area contributed by atoms with Crippen molar-refractivity contribution in [2.24, 2.45) is 0 Å².